The molecule has 0 radical (unpaired) electrons. The average molecular weight is 261 g/mol. The summed E-state index contributed by atoms with van der Waals surface area (Å²) in [6.07, 6.45) is 1.53. The fourth-order valence-corrected chi connectivity index (χ4v) is 1.70. The van der Waals surface area contributed by atoms with Crippen LogP contribution < -0.4 is 10.1 Å². The lowest BCUT2D eigenvalue weighted by molar-refractivity contribution is -0.116. The monoisotopic (exact) mass is 261 g/mol. The lowest BCUT2D eigenvalue weighted by Crippen LogP contribution is -2.31. The van der Waals surface area contributed by atoms with Gasteiger partial charge in [0.15, 0.2) is 0 Å². The third-order valence-corrected chi connectivity index (χ3v) is 2.73. The molecule has 0 heterocycles. The molecule has 19 heavy (non-hydrogen) atoms. The Labute approximate surface area is 113 Å². The van der Waals surface area contributed by atoms with Crippen LogP contribution in [-0.4, -0.2) is 25.3 Å². The van der Waals surface area contributed by atoms with Gasteiger partial charge < -0.3 is 10.1 Å². The highest BCUT2D eigenvalue weighted by Crippen LogP contribution is 2.27. The maximum atomic E-state index is 11.9. The van der Waals surface area contributed by atoms with Crippen LogP contribution in [0.15, 0.2) is 30.9 Å². The fourth-order valence-electron chi connectivity index (χ4n) is 1.70. The molecule has 4 nitrogen and oxygen atoms in total. The molecular weight excluding hydrogens is 242 g/mol. The number of benzene rings is 1. The van der Waals surface area contributed by atoms with E-state index in [1.165, 1.54) is 6.08 Å². The minimum absolute atomic E-state index is 0.207. The van der Waals surface area contributed by atoms with Crippen LogP contribution in [0.4, 0.5) is 0 Å². The molecule has 0 spiro atoms. The van der Waals surface area contributed by atoms with Crippen LogP contribution in [0.1, 0.15) is 35.7 Å². The molecule has 0 aliphatic heterocycles. The highest BCUT2D eigenvalue weighted by molar-refractivity contribution is 6.42. The first-order valence-corrected chi connectivity index (χ1v) is 6.12. The number of rotatable bonds is 6. The summed E-state index contributed by atoms with van der Waals surface area (Å²) in [5.41, 5.74) is 1.27. The van der Waals surface area contributed by atoms with Crippen LogP contribution in [0.5, 0.6) is 5.75 Å². The van der Waals surface area contributed by atoms with Gasteiger partial charge in [-0.05, 0) is 29.7 Å². The summed E-state index contributed by atoms with van der Waals surface area (Å²) in [5.74, 6) is -0.247. The number of hydrogen-bond acceptors (Lipinski definition) is 3. The van der Waals surface area contributed by atoms with Crippen molar-refractivity contribution >= 4 is 11.7 Å². The molecule has 1 amide bonds. The lowest BCUT2D eigenvalue weighted by atomic mass is 9.98. The molecule has 0 fully saturated rings. The predicted octanol–water partition coefficient (Wildman–Crippen LogP) is 2.30. The molecule has 0 aliphatic rings. The van der Waals surface area contributed by atoms with E-state index in [0.29, 0.717) is 5.56 Å². The smallest absolute Gasteiger partial charge is 0.292 e. The number of methoxy groups -OCH3 is 1. The Morgan fingerprint density at radius 1 is 1.42 bits per heavy atom. The Balaban J connectivity index is 3.01. The molecule has 4 heteroatoms. The number of hydrogen-bond donors (Lipinski definition) is 1. The van der Waals surface area contributed by atoms with Gasteiger partial charge in [0, 0.05) is 12.1 Å². The van der Waals surface area contributed by atoms with E-state index in [1.807, 2.05) is 13.8 Å². The van der Waals surface area contributed by atoms with Gasteiger partial charge in [-0.3, -0.25) is 9.59 Å². The van der Waals surface area contributed by atoms with Crippen molar-refractivity contribution in [1.82, 2.24) is 5.32 Å². The highest BCUT2D eigenvalue weighted by atomic mass is 16.5. The number of nitrogens with one attached hydrogen (secondary N) is 1. The van der Waals surface area contributed by atoms with Crippen LogP contribution in [0.25, 0.3) is 0 Å². The van der Waals surface area contributed by atoms with E-state index in [9.17, 15) is 9.59 Å². The third-order valence-electron chi connectivity index (χ3n) is 2.73. The first-order valence-electron chi connectivity index (χ1n) is 6.12. The van der Waals surface area contributed by atoms with E-state index >= 15 is 0 Å². The van der Waals surface area contributed by atoms with Gasteiger partial charge in [0.2, 0.25) is 5.78 Å². The molecule has 0 unspecified atom stereocenters. The SMILES string of the molecule is C=CCNC(=O)C(=O)c1ccc(OC)c(C(C)C)c1. The second-order valence-electron chi connectivity index (χ2n) is 4.44. The maximum Gasteiger partial charge on any atom is 0.292 e. The van der Waals surface area contributed by atoms with Gasteiger partial charge >= 0.3 is 0 Å². The summed E-state index contributed by atoms with van der Waals surface area (Å²) in [7, 11) is 1.58. The molecule has 0 aliphatic carbocycles. The molecule has 102 valence electrons. The Bertz CT molecular complexity index is 492. The Morgan fingerprint density at radius 3 is 2.63 bits per heavy atom. The van der Waals surface area contributed by atoms with E-state index in [-0.39, 0.29) is 12.5 Å². The van der Waals surface area contributed by atoms with E-state index in [1.54, 1.807) is 25.3 Å². The molecular formula is C15H19NO3. The molecule has 0 atom stereocenters. The van der Waals surface area contributed by atoms with Crippen molar-refractivity contribution in [1.29, 1.82) is 0 Å². The summed E-state index contributed by atoms with van der Waals surface area (Å²) < 4.78 is 5.24. The number of ketones is 1. The van der Waals surface area contributed by atoms with Gasteiger partial charge in [0.25, 0.3) is 5.91 Å². The first kappa shape index (κ1) is 15.0. The number of carbonyl (C=O) groups is 2. The van der Waals surface area contributed by atoms with Crippen molar-refractivity contribution < 1.29 is 14.3 Å². The second kappa shape index (κ2) is 6.73. The molecule has 0 bridgehead atoms. The molecule has 1 N–H and O–H groups in total. The summed E-state index contributed by atoms with van der Waals surface area (Å²) in [6, 6.07) is 5.02. The summed E-state index contributed by atoms with van der Waals surface area (Å²) in [6.45, 7) is 7.77. The lowest BCUT2D eigenvalue weighted by Gasteiger charge is -2.13. The van der Waals surface area contributed by atoms with Gasteiger partial charge in [-0.25, -0.2) is 0 Å². The Hall–Kier alpha value is -2.10. The van der Waals surface area contributed by atoms with Crippen LogP contribution in [-0.2, 0) is 4.79 Å². The van der Waals surface area contributed by atoms with Crippen molar-refractivity contribution in [3.8, 4) is 5.75 Å². The molecule has 0 aromatic heterocycles. The summed E-state index contributed by atoms with van der Waals surface area (Å²) >= 11 is 0. The van der Waals surface area contributed by atoms with E-state index in [0.717, 1.165) is 11.3 Å². The average Bonchev–Trinajstić information content (AvgIpc) is 2.42. The number of Topliss-reactive ketones (excluding diaryl/α,β-unsaturated/α-hetero) is 1. The van der Waals surface area contributed by atoms with Crippen LogP contribution in [0, 0.1) is 0 Å². The van der Waals surface area contributed by atoms with Gasteiger partial charge in [0.05, 0.1) is 7.11 Å². The van der Waals surface area contributed by atoms with Crippen LogP contribution in [0.3, 0.4) is 0 Å². The molecule has 1 aromatic rings. The van der Waals surface area contributed by atoms with Gasteiger partial charge in [0.1, 0.15) is 5.75 Å². The third kappa shape index (κ3) is 3.68. The van der Waals surface area contributed by atoms with Crippen molar-refractivity contribution in [3.05, 3.63) is 42.0 Å². The van der Waals surface area contributed by atoms with E-state index in [2.05, 4.69) is 11.9 Å². The van der Waals surface area contributed by atoms with Crippen LogP contribution >= 0.6 is 0 Å². The zero-order valence-electron chi connectivity index (χ0n) is 11.5. The van der Waals surface area contributed by atoms with E-state index in [4.69, 9.17) is 4.74 Å². The van der Waals surface area contributed by atoms with E-state index < -0.39 is 11.7 Å². The minimum atomic E-state index is -0.625. The van der Waals surface area contributed by atoms with Crippen LogP contribution in [0.2, 0.25) is 0 Å². The maximum absolute atomic E-state index is 11.9. The van der Waals surface area contributed by atoms with Crippen molar-refractivity contribution in [2.45, 2.75) is 19.8 Å². The normalized spacial score (nSPS) is 10.1. The standard InChI is InChI=1S/C15H19NO3/c1-5-8-16-15(18)14(17)11-6-7-13(19-4)12(9-11)10(2)3/h5-7,9-10H,1,8H2,2-4H3,(H,16,18). The topological polar surface area (TPSA) is 55.4 Å². The molecule has 0 saturated carbocycles. The van der Waals surface area contributed by atoms with Crippen molar-refractivity contribution in [2.75, 3.05) is 13.7 Å². The van der Waals surface area contributed by atoms with Gasteiger partial charge in [-0.1, -0.05) is 19.9 Å². The van der Waals surface area contributed by atoms with Crippen molar-refractivity contribution in [2.24, 2.45) is 0 Å². The number of carbonyl (C=O) groups excluding carboxylic acids is 2. The number of ether oxygens (including phenoxy) is 1. The predicted molar refractivity (Wildman–Crippen MR) is 74.6 cm³/mol. The van der Waals surface area contributed by atoms with Gasteiger partial charge in [-0.2, -0.15) is 0 Å². The number of amides is 1. The fraction of sp³-hybridized carbons (Fsp3) is 0.333. The quantitative estimate of drug-likeness (QED) is 0.485. The highest BCUT2D eigenvalue weighted by Gasteiger charge is 2.18. The Morgan fingerprint density at radius 2 is 2.11 bits per heavy atom. The largest absolute Gasteiger partial charge is 0.496 e. The zero-order chi connectivity index (χ0) is 14.4. The Kier molecular flexibility index (Phi) is 5.30. The van der Waals surface area contributed by atoms with Gasteiger partial charge in [-0.15, -0.1) is 6.58 Å². The molecule has 0 saturated heterocycles. The molecule has 1 rings (SSSR count). The second-order valence-corrected chi connectivity index (χ2v) is 4.44. The molecule has 1 aromatic carbocycles. The minimum Gasteiger partial charge on any atom is -0.496 e. The van der Waals surface area contributed by atoms with Crippen molar-refractivity contribution in [3.63, 3.8) is 0 Å². The zero-order valence-corrected chi connectivity index (χ0v) is 11.5. The first-order chi connectivity index (χ1) is 9.01. The summed E-state index contributed by atoms with van der Waals surface area (Å²) in [5, 5.41) is 2.47. The summed E-state index contributed by atoms with van der Waals surface area (Å²) in [4.78, 5) is 23.5.